The van der Waals surface area contributed by atoms with Crippen LogP contribution < -0.4 is 10.5 Å². The molecule has 1 saturated carbocycles. The molecule has 0 spiro atoms. The quantitative estimate of drug-likeness (QED) is 0.737. The Morgan fingerprint density at radius 2 is 2.00 bits per heavy atom. The summed E-state index contributed by atoms with van der Waals surface area (Å²) >= 11 is 0. The Labute approximate surface area is 186 Å². The number of primary amides is 1. The van der Waals surface area contributed by atoms with Crippen molar-refractivity contribution in [2.45, 2.75) is 38.1 Å². The minimum Gasteiger partial charge on any atom is -0.477 e. The van der Waals surface area contributed by atoms with Crippen molar-refractivity contribution in [3.8, 4) is 11.9 Å². The highest BCUT2D eigenvalue weighted by Crippen LogP contribution is 2.36. The number of nitriles is 1. The molecule has 0 aromatic carbocycles. The summed E-state index contributed by atoms with van der Waals surface area (Å²) in [4.78, 5) is 38.2. The Morgan fingerprint density at radius 1 is 1.19 bits per heavy atom. The fourth-order valence-electron chi connectivity index (χ4n) is 4.26. The van der Waals surface area contributed by atoms with Crippen LogP contribution in [0.4, 0.5) is 0 Å². The molecule has 2 N–H and O–H groups in total. The maximum Gasteiger partial charge on any atom is 0.250 e. The zero-order valence-electron chi connectivity index (χ0n) is 17.6. The van der Waals surface area contributed by atoms with E-state index in [1.807, 2.05) is 0 Å². The Hall–Kier alpha value is -3.51. The number of carbonyl (C=O) groups is 2. The van der Waals surface area contributed by atoms with Crippen molar-refractivity contribution in [1.82, 2.24) is 15.0 Å². The van der Waals surface area contributed by atoms with Gasteiger partial charge in [0.05, 0.1) is 30.4 Å². The van der Waals surface area contributed by atoms with Crippen LogP contribution >= 0.6 is 0 Å². The van der Waals surface area contributed by atoms with Crippen molar-refractivity contribution in [2.75, 3.05) is 13.2 Å². The number of aromatic nitrogens is 2. The van der Waals surface area contributed by atoms with Gasteiger partial charge in [0.15, 0.2) is 0 Å². The Kier molecular flexibility index (Phi) is 6.61. The summed E-state index contributed by atoms with van der Waals surface area (Å²) in [6.07, 6.45) is 8.58. The first kappa shape index (κ1) is 21.7. The summed E-state index contributed by atoms with van der Waals surface area (Å²) < 4.78 is 5.76. The van der Waals surface area contributed by atoms with E-state index in [4.69, 9.17) is 20.6 Å². The van der Waals surface area contributed by atoms with E-state index in [1.165, 1.54) is 17.5 Å². The second-order valence-electron chi connectivity index (χ2n) is 8.20. The fourth-order valence-corrected chi connectivity index (χ4v) is 4.26. The topological polar surface area (TPSA) is 131 Å². The molecule has 0 bridgehead atoms. The van der Waals surface area contributed by atoms with E-state index in [1.54, 1.807) is 24.4 Å². The molecule has 2 aromatic heterocycles. The number of hydrogen-bond acceptors (Lipinski definition) is 7. The highest BCUT2D eigenvalue weighted by Gasteiger charge is 2.37. The van der Waals surface area contributed by atoms with Gasteiger partial charge in [0.1, 0.15) is 6.07 Å². The van der Waals surface area contributed by atoms with Crippen LogP contribution in [0.25, 0.3) is 0 Å². The second kappa shape index (κ2) is 9.75. The van der Waals surface area contributed by atoms with Crippen molar-refractivity contribution in [2.24, 2.45) is 17.6 Å². The van der Waals surface area contributed by atoms with E-state index < -0.39 is 5.91 Å². The Bertz CT molecular complexity index is 1010. The molecule has 1 saturated heterocycles. The van der Waals surface area contributed by atoms with Crippen LogP contribution in [-0.2, 0) is 9.63 Å². The number of ether oxygens (including phenoxy) is 1. The molecule has 9 nitrogen and oxygen atoms in total. The molecule has 1 aliphatic heterocycles. The molecule has 4 rings (SSSR count). The van der Waals surface area contributed by atoms with Gasteiger partial charge in [-0.25, -0.2) is 10.0 Å². The van der Waals surface area contributed by atoms with Gasteiger partial charge in [0, 0.05) is 37.0 Å². The van der Waals surface area contributed by atoms with Gasteiger partial charge in [-0.1, -0.05) is 0 Å². The van der Waals surface area contributed by atoms with Gasteiger partial charge in [-0.15, -0.1) is 0 Å². The summed E-state index contributed by atoms with van der Waals surface area (Å²) in [6, 6.07) is 6.88. The first-order chi connectivity index (χ1) is 15.5. The number of nitrogens with zero attached hydrogens (tertiary/aromatic N) is 4. The molecular formula is C23H25N5O4. The maximum absolute atomic E-state index is 13.1. The molecular weight excluding hydrogens is 410 g/mol. The maximum atomic E-state index is 13.1. The van der Waals surface area contributed by atoms with Crippen molar-refractivity contribution >= 4 is 11.8 Å². The van der Waals surface area contributed by atoms with Gasteiger partial charge in [-0.3, -0.25) is 19.4 Å². The molecule has 2 amide bonds. The smallest absolute Gasteiger partial charge is 0.250 e. The highest BCUT2D eigenvalue weighted by molar-refractivity contribution is 5.92. The van der Waals surface area contributed by atoms with E-state index in [2.05, 4.69) is 16.0 Å². The predicted octanol–water partition coefficient (Wildman–Crippen LogP) is 2.54. The highest BCUT2D eigenvalue weighted by atomic mass is 16.7. The molecule has 166 valence electrons. The van der Waals surface area contributed by atoms with Crippen molar-refractivity contribution < 1.29 is 19.2 Å². The van der Waals surface area contributed by atoms with E-state index in [-0.39, 0.29) is 17.9 Å². The van der Waals surface area contributed by atoms with Crippen LogP contribution in [0.15, 0.2) is 36.8 Å². The average molecular weight is 435 g/mol. The lowest BCUT2D eigenvalue weighted by Gasteiger charge is -2.31. The predicted molar refractivity (Wildman–Crippen MR) is 113 cm³/mol. The third-order valence-electron chi connectivity index (χ3n) is 6.08. The lowest BCUT2D eigenvalue weighted by Crippen LogP contribution is -2.37. The van der Waals surface area contributed by atoms with Crippen LogP contribution in [0.3, 0.4) is 0 Å². The third-order valence-corrected chi connectivity index (χ3v) is 6.08. The van der Waals surface area contributed by atoms with Gasteiger partial charge in [0.25, 0.3) is 0 Å². The minimum atomic E-state index is -0.523. The van der Waals surface area contributed by atoms with Crippen LogP contribution in [0.1, 0.15) is 59.6 Å². The van der Waals surface area contributed by atoms with E-state index in [9.17, 15) is 9.59 Å². The van der Waals surface area contributed by atoms with Gasteiger partial charge >= 0.3 is 0 Å². The van der Waals surface area contributed by atoms with E-state index in [0.29, 0.717) is 42.6 Å². The molecule has 0 radical (unpaired) electrons. The largest absolute Gasteiger partial charge is 0.477 e. The van der Waals surface area contributed by atoms with Crippen LogP contribution in [0.2, 0.25) is 0 Å². The third kappa shape index (κ3) is 4.86. The number of hydroxylamine groups is 2. The van der Waals surface area contributed by atoms with Gasteiger partial charge in [-0.2, -0.15) is 5.26 Å². The average Bonchev–Trinajstić information content (AvgIpc) is 3.33. The lowest BCUT2D eigenvalue weighted by atomic mass is 9.81. The second-order valence-corrected chi connectivity index (χ2v) is 8.20. The summed E-state index contributed by atoms with van der Waals surface area (Å²) in [5, 5.41) is 10.6. The fraction of sp³-hybridized carbons (Fsp3) is 0.435. The summed E-state index contributed by atoms with van der Waals surface area (Å²) in [5.41, 5.74) is 6.86. The molecule has 32 heavy (non-hydrogen) atoms. The zero-order valence-corrected chi connectivity index (χ0v) is 17.6. The van der Waals surface area contributed by atoms with Crippen molar-refractivity contribution in [3.63, 3.8) is 0 Å². The number of amides is 2. The number of pyridine rings is 2. The monoisotopic (exact) mass is 435 g/mol. The number of nitrogens with two attached hydrogens (primary N) is 1. The van der Waals surface area contributed by atoms with Crippen LogP contribution in [0, 0.1) is 23.2 Å². The molecule has 2 aromatic rings. The van der Waals surface area contributed by atoms with Gasteiger partial charge < -0.3 is 10.5 Å². The Balaban J connectivity index is 1.29. The summed E-state index contributed by atoms with van der Waals surface area (Å²) in [5.74, 6) is 0.174. The normalized spacial score (nSPS) is 22.8. The van der Waals surface area contributed by atoms with Crippen LogP contribution in [0.5, 0.6) is 5.88 Å². The molecule has 1 aliphatic carbocycles. The first-order valence-electron chi connectivity index (χ1n) is 10.7. The molecule has 9 heteroatoms. The molecule has 0 unspecified atom stereocenters. The molecule has 2 aliphatic rings. The lowest BCUT2D eigenvalue weighted by molar-refractivity contribution is -0.183. The summed E-state index contributed by atoms with van der Waals surface area (Å²) in [7, 11) is 0. The molecule has 3 heterocycles. The van der Waals surface area contributed by atoms with Gasteiger partial charge in [0.2, 0.25) is 17.7 Å². The molecule has 2 fully saturated rings. The number of carbonyl (C=O) groups excluding carboxylic acids is 2. The van der Waals surface area contributed by atoms with Gasteiger partial charge in [-0.05, 0) is 49.3 Å². The zero-order chi connectivity index (χ0) is 22.5. The van der Waals surface area contributed by atoms with Crippen molar-refractivity contribution in [1.29, 1.82) is 5.26 Å². The SMILES string of the molecule is N#Cc1cncc([C@@H]2CCON2C(=O)C2CCC(COc3ccc(C(N)=O)cn3)CC2)c1. The van der Waals surface area contributed by atoms with Crippen molar-refractivity contribution in [3.05, 3.63) is 53.5 Å². The minimum absolute atomic E-state index is 0.00191. The number of hydrogen-bond donors (Lipinski definition) is 1. The van der Waals surface area contributed by atoms with E-state index in [0.717, 1.165) is 31.2 Å². The van der Waals surface area contributed by atoms with E-state index >= 15 is 0 Å². The Morgan fingerprint density at radius 3 is 2.69 bits per heavy atom. The molecule has 1 atom stereocenters. The van der Waals surface area contributed by atoms with Crippen LogP contribution in [-0.4, -0.2) is 40.1 Å². The standard InChI is InChI=1S/C23H25N5O4/c24-10-16-9-19(12-26-11-16)20-7-8-32-28(20)23(30)17-3-1-15(2-4-17)14-31-21-6-5-18(13-27-21)22(25)29/h5-6,9,11-13,15,17,20H,1-4,7-8,14H2,(H2,25,29)/t15?,17?,20-/m0/s1. The summed E-state index contributed by atoms with van der Waals surface area (Å²) in [6.45, 7) is 0.983. The first-order valence-corrected chi connectivity index (χ1v) is 10.7. The number of rotatable bonds is 6.